The number of hydrogen-bond acceptors (Lipinski definition) is 9. The van der Waals surface area contributed by atoms with Crippen LogP contribution in [0.2, 0.25) is 0 Å². The zero-order valence-electron chi connectivity index (χ0n) is 20.1. The van der Waals surface area contributed by atoms with Crippen molar-refractivity contribution >= 4 is 61.2 Å². The number of thiophene rings is 1. The van der Waals surface area contributed by atoms with E-state index in [1.165, 1.54) is 11.3 Å². The van der Waals surface area contributed by atoms with Gasteiger partial charge in [0.25, 0.3) is 11.8 Å². The number of thiazole rings is 1. The van der Waals surface area contributed by atoms with Crippen LogP contribution in [0, 0.1) is 0 Å². The number of para-hydroxylation sites is 1. The fraction of sp³-hybridized carbons (Fsp3) is 0.280. The Morgan fingerprint density at radius 3 is 2.72 bits per heavy atom. The first-order valence-corrected chi connectivity index (χ1v) is 13.3. The van der Waals surface area contributed by atoms with Crippen LogP contribution in [0.4, 0.5) is 15.8 Å². The van der Waals surface area contributed by atoms with Crippen molar-refractivity contribution in [2.75, 3.05) is 50.5 Å². The minimum absolute atomic E-state index is 0.0382. The number of nitrogens with two attached hydrogens (primary N) is 1. The van der Waals surface area contributed by atoms with E-state index in [-0.39, 0.29) is 11.6 Å². The molecule has 36 heavy (non-hydrogen) atoms. The summed E-state index contributed by atoms with van der Waals surface area (Å²) < 4.78 is 0. The summed E-state index contributed by atoms with van der Waals surface area (Å²) in [6.45, 7) is 4.95. The van der Waals surface area contributed by atoms with Crippen molar-refractivity contribution in [2.24, 2.45) is 5.73 Å². The van der Waals surface area contributed by atoms with Gasteiger partial charge in [0.2, 0.25) is 0 Å². The van der Waals surface area contributed by atoms with Crippen molar-refractivity contribution in [3.63, 3.8) is 0 Å². The molecule has 9 nitrogen and oxygen atoms in total. The minimum Gasteiger partial charge on any atom is -0.364 e. The van der Waals surface area contributed by atoms with Crippen LogP contribution >= 0.6 is 22.7 Å². The molecule has 1 aliphatic heterocycles. The second-order valence-electron chi connectivity index (χ2n) is 8.78. The summed E-state index contributed by atoms with van der Waals surface area (Å²) in [6, 6.07) is 11.7. The minimum atomic E-state index is -0.696. The van der Waals surface area contributed by atoms with Gasteiger partial charge in [-0.3, -0.25) is 19.5 Å². The number of fused-ring (bicyclic) bond motifs is 1. The summed E-state index contributed by atoms with van der Waals surface area (Å²) in [6.07, 6.45) is 1.74. The Kier molecular flexibility index (Phi) is 6.97. The normalized spacial score (nSPS) is 14.7. The number of anilines is 3. The predicted octanol–water partition coefficient (Wildman–Crippen LogP) is 3.62. The van der Waals surface area contributed by atoms with E-state index in [9.17, 15) is 9.59 Å². The Hall–Kier alpha value is -3.38. The summed E-state index contributed by atoms with van der Waals surface area (Å²) in [5.41, 5.74) is 7.85. The van der Waals surface area contributed by atoms with Crippen LogP contribution in [0.3, 0.4) is 0 Å². The second-order valence-corrected chi connectivity index (χ2v) is 10.8. The largest absolute Gasteiger partial charge is 0.364 e. The summed E-state index contributed by atoms with van der Waals surface area (Å²) in [7, 11) is 3.98. The van der Waals surface area contributed by atoms with Gasteiger partial charge >= 0.3 is 0 Å². The standard InChI is InChI=1S/C25H27N7O2S2/c1-30-9-11-32(12-10-30)14-18-13-17(15-35-18)23(34)29-24-21(22(26)33)28-25(36-24)31(2)19-7-3-5-16-6-4-8-27-20(16)19/h3-8,13,15H,9-12,14H2,1-2H3,(H2,26,33)(H,29,34). The van der Waals surface area contributed by atoms with Gasteiger partial charge < -0.3 is 20.9 Å². The van der Waals surface area contributed by atoms with Gasteiger partial charge in [0.05, 0.1) is 16.8 Å². The van der Waals surface area contributed by atoms with E-state index in [0.717, 1.165) is 54.2 Å². The van der Waals surface area contributed by atoms with Gasteiger partial charge in [-0.05, 0) is 25.2 Å². The highest BCUT2D eigenvalue weighted by Gasteiger charge is 2.23. The monoisotopic (exact) mass is 521 g/mol. The molecule has 0 bridgehead atoms. The van der Waals surface area contributed by atoms with Crippen molar-refractivity contribution in [1.29, 1.82) is 0 Å². The molecule has 0 atom stereocenters. The first kappa shape index (κ1) is 24.3. The third-order valence-corrected chi connectivity index (χ3v) is 8.20. The number of carbonyl (C=O) groups is 2. The highest BCUT2D eigenvalue weighted by Crippen LogP contribution is 2.36. The molecule has 2 amide bonds. The summed E-state index contributed by atoms with van der Waals surface area (Å²) in [5.74, 6) is -0.985. The van der Waals surface area contributed by atoms with Crippen LogP contribution in [0.25, 0.3) is 10.9 Å². The van der Waals surface area contributed by atoms with Crippen molar-refractivity contribution in [3.8, 4) is 0 Å². The van der Waals surface area contributed by atoms with Crippen molar-refractivity contribution in [1.82, 2.24) is 19.8 Å². The Bertz CT molecular complexity index is 1400. The van der Waals surface area contributed by atoms with Crippen LogP contribution in [-0.4, -0.2) is 71.9 Å². The maximum Gasteiger partial charge on any atom is 0.270 e. The molecular weight excluding hydrogens is 494 g/mol. The van der Waals surface area contributed by atoms with Gasteiger partial charge in [0, 0.05) is 61.6 Å². The number of hydrogen-bond donors (Lipinski definition) is 2. The van der Waals surface area contributed by atoms with Crippen LogP contribution in [0.15, 0.2) is 48.0 Å². The number of carbonyl (C=O) groups excluding carboxylic acids is 2. The first-order chi connectivity index (χ1) is 17.4. The van der Waals surface area contributed by atoms with Crippen LogP contribution < -0.4 is 16.0 Å². The Labute approximate surface area is 217 Å². The zero-order chi connectivity index (χ0) is 25.2. The molecule has 0 radical (unpaired) electrons. The molecule has 1 saturated heterocycles. The number of piperazine rings is 1. The molecule has 4 aromatic rings. The number of pyridine rings is 1. The summed E-state index contributed by atoms with van der Waals surface area (Å²) in [4.78, 5) is 41.8. The smallest absolute Gasteiger partial charge is 0.270 e. The van der Waals surface area contributed by atoms with Gasteiger partial charge in [0.15, 0.2) is 10.8 Å². The summed E-state index contributed by atoms with van der Waals surface area (Å²) in [5, 5.41) is 6.55. The number of rotatable bonds is 7. The Balaban J connectivity index is 1.34. The van der Waals surface area contributed by atoms with E-state index in [1.807, 2.05) is 53.7 Å². The third kappa shape index (κ3) is 5.09. The zero-order valence-corrected chi connectivity index (χ0v) is 21.7. The molecule has 1 aliphatic rings. The maximum absolute atomic E-state index is 13.0. The molecule has 0 aliphatic carbocycles. The molecule has 4 heterocycles. The fourth-order valence-electron chi connectivity index (χ4n) is 4.15. The van der Waals surface area contributed by atoms with E-state index in [4.69, 9.17) is 5.73 Å². The average Bonchev–Trinajstić information content (AvgIpc) is 3.52. The van der Waals surface area contributed by atoms with E-state index in [1.54, 1.807) is 17.5 Å². The molecule has 1 fully saturated rings. The van der Waals surface area contributed by atoms with E-state index in [0.29, 0.717) is 15.7 Å². The van der Waals surface area contributed by atoms with Gasteiger partial charge in [-0.25, -0.2) is 4.98 Å². The third-order valence-electron chi connectivity index (χ3n) is 6.23. The second kappa shape index (κ2) is 10.3. The molecular formula is C25H27N7O2S2. The number of aromatic nitrogens is 2. The van der Waals surface area contributed by atoms with Crippen molar-refractivity contribution in [3.05, 3.63) is 64.1 Å². The highest BCUT2D eigenvalue weighted by atomic mass is 32.1. The lowest BCUT2D eigenvalue weighted by Crippen LogP contribution is -2.43. The summed E-state index contributed by atoms with van der Waals surface area (Å²) >= 11 is 2.77. The number of amides is 2. The first-order valence-electron chi connectivity index (χ1n) is 11.6. The van der Waals surface area contributed by atoms with Crippen LogP contribution in [0.5, 0.6) is 0 Å². The molecule has 3 aromatic heterocycles. The molecule has 3 N–H and O–H groups in total. The average molecular weight is 522 g/mol. The number of nitrogens with zero attached hydrogens (tertiary/aromatic N) is 5. The lowest BCUT2D eigenvalue weighted by Gasteiger charge is -2.31. The number of likely N-dealkylation sites (N-methyl/N-ethyl adjacent to an activating group) is 1. The van der Waals surface area contributed by atoms with Gasteiger partial charge in [-0.15, -0.1) is 11.3 Å². The van der Waals surface area contributed by atoms with Crippen LogP contribution in [0.1, 0.15) is 25.7 Å². The quantitative estimate of drug-likeness (QED) is 0.382. The maximum atomic E-state index is 13.0. The lowest BCUT2D eigenvalue weighted by atomic mass is 10.2. The molecule has 5 rings (SSSR count). The lowest BCUT2D eigenvalue weighted by molar-refractivity contribution is 0.0997. The van der Waals surface area contributed by atoms with Crippen molar-refractivity contribution in [2.45, 2.75) is 6.54 Å². The fourth-order valence-corrected chi connectivity index (χ4v) is 6.00. The van der Waals surface area contributed by atoms with E-state index >= 15 is 0 Å². The Morgan fingerprint density at radius 2 is 1.94 bits per heavy atom. The molecule has 1 aromatic carbocycles. The molecule has 11 heteroatoms. The molecule has 0 saturated carbocycles. The van der Waals surface area contributed by atoms with E-state index in [2.05, 4.69) is 32.1 Å². The van der Waals surface area contributed by atoms with Crippen molar-refractivity contribution < 1.29 is 9.59 Å². The SMILES string of the molecule is CN1CCN(Cc2cc(C(=O)Nc3sc(N(C)c4cccc5cccnc45)nc3C(N)=O)cs2)CC1. The number of primary amides is 1. The van der Waals surface area contributed by atoms with Gasteiger partial charge in [-0.2, -0.15) is 0 Å². The molecule has 0 unspecified atom stereocenters. The van der Waals surface area contributed by atoms with Gasteiger partial charge in [-0.1, -0.05) is 29.5 Å². The predicted molar refractivity (Wildman–Crippen MR) is 145 cm³/mol. The van der Waals surface area contributed by atoms with Crippen LogP contribution in [-0.2, 0) is 6.54 Å². The Morgan fingerprint density at radius 1 is 1.17 bits per heavy atom. The topological polar surface area (TPSA) is 108 Å². The number of benzene rings is 1. The molecule has 186 valence electrons. The van der Waals surface area contributed by atoms with E-state index < -0.39 is 5.91 Å². The highest BCUT2D eigenvalue weighted by molar-refractivity contribution is 7.20. The number of nitrogens with one attached hydrogen (secondary N) is 1. The molecule has 0 spiro atoms. The van der Waals surface area contributed by atoms with Gasteiger partial charge in [0.1, 0.15) is 5.00 Å².